The van der Waals surface area contributed by atoms with E-state index in [1.807, 2.05) is 25.1 Å². The summed E-state index contributed by atoms with van der Waals surface area (Å²) in [6.07, 6.45) is 1.76. The van der Waals surface area contributed by atoms with Crippen molar-refractivity contribution < 1.29 is 13.2 Å². The zero-order valence-electron chi connectivity index (χ0n) is 16.4. The molecule has 0 spiro atoms. The first kappa shape index (κ1) is 21.8. The van der Waals surface area contributed by atoms with Crippen molar-refractivity contribution in [3.63, 3.8) is 0 Å². The van der Waals surface area contributed by atoms with E-state index in [0.717, 1.165) is 17.3 Å². The van der Waals surface area contributed by atoms with E-state index in [1.165, 1.54) is 9.87 Å². The van der Waals surface area contributed by atoms with E-state index in [1.54, 1.807) is 29.2 Å². The first-order valence-electron chi connectivity index (χ1n) is 9.71. The fourth-order valence-corrected chi connectivity index (χ4v) is 5.33. The molecule has 3 rings (SSSR count). The Labute approximate surface area is 181 Å². The summed E-state index contributed by atoms with van der Waals surface area (Å²) in [6.45, 7) is 3.34. The number of urea groups is 1. The molecule has 6 nitrogen and oxygen atoms in total. The van der Waals surface area contributed by atoms with Gasteiger partial charge in [0, 0.05) is 36.7 Å². The Morgan fingerprint density at radius 1 is 1.07 bits per heavy atom. The molecular formula is C21H26BrN3O3S. The smallest absolute Gasteiger partial charge is 0.317 e. The van der Waals surface area contributed by atoms with Crippen LogP contribution >= 0.6 is 15.9 Å². The molecule has 1 fully saturated rings. The maximum atomic E-state index is 12.8. The molecule has 0 aromatic heterocycles. The molecule has 1 aliphatic rings. The molecule has 0 aliphatic carbocycles. The van der Waals surface area contributed by atoms with Crippen LogP contribution in [0.5, 0.6) is 0 Å². The highest BCUT2D eigenvalue weighted by Crippen LogP contribution is 2.21. The summed E-state index contributed by atoms with van der Waals surface area (Å²) in [5.41, 5.74) is 1.25. The standard InChI is InChI=1S/C21H26BrN3O3S/c1-17(10-11-18-6-3-2-4-7-18)23-21(26)24-12-14-25(15-13-24)29(27,28)20-9-5-8-19(22)16-20/h2-9,16-17H,10-15H2,1H3,(H,23,26). The summed E-state index contributed by atoms with van der Waals surface area (Å²) in [7, 11) is -3.55. The van der Waals surface area contributed by atoms with Crippen LogP contribution in [0, 0.1) is 0 Å². The van der Waals surface area contributed by atoms with E-state index in [9.17, 15) is 13.2 Å². The Morgan fingerprint density at radius 3 is 2.41 bits per heavy atom. The number of hydrogen-bond acceptors (Lipinski definition) is 3. The van der Waals surface area contributed by atoms with Crippen LogP contribution in [0.25, 0.3) is 0 Å². The maximum absolute atomic E-state index is 12.8. The topological polar surface area (TPSA) is 69.7 Å². The maximum Gasteiger partial charge on any atom is 0.317 e. The van der Waals surface area contributed by atoms with E-state index in [0.29, 0.717) is 26.2 Å². The number of hydrogen-bond donors (Lipinski definition) is 1. The van der Waals surface area contributed by atoms with E-state index >= 15 is 0 Å². The van der Waals surface area contributed by atoms with Crippen molar-refractivity contribution in [3.8, 4) is 0 Å². The molecular weight excluding hydrogens is 454 g/mol. The minimum absolute atomic E-state index is 0.0473. The Bertz CT molecular complexity index is 929. The van der Waals surface area contributed by atoms with E-state index < -0.39 is 10.0 Å². The SMILES string of the molecule is CC(CCc1ccccc1)NC(=O)N1CCN(S(=O)(=O)c2cccc(Br)c2)CC1. The summed E-state index contributed by atoms with van der Waals surface area (Å²) >= 11 is 3.31. The molecule has 0 bridgehead atoms. The van der Waals surface area contributed by atoms with Crippen LogP contribution in [0.15, 0.2) is 64.0 Å². The van der Waals surface area contributed by atoms with Gasteiger partial charge in [-0.15, -0.1) is 0 Å². The van der Waals surface area contributed by atoms with Gasteiger partial charge in [-0.2, -0.15) is 4.31 Å². The molecule has 1 unspecified atom stereocenters. The highest BCUT2D eigenvalue weighted by atomic mass is 79.9. The molecule has 2 amide bonds. The van der Waals surface area contributed by atoms with E-state index in [-0.39, 0.29) is 17.0 Å². The van der Waals surface area contributed by atoms with E-state index in [2.05, 4.69) is 33.4 Å². The third-order valence-corrected chi connectivity index (χ3v) is 7.43. The summed E-state index contributed by atoms with van der Waals surface area (Å²) < 4.78 is 27.8. The first-order valence-corrected chi connectivity index (χ1v) is 11.9. The molecule has 29 heavy (non-hydrogen) atoms. The van der Waals surface area contributed by atoms with Crippen molar-refractivity contribution in [1.82, 2.24) is 14.5 Å². The van der Waals surface area contributed by atoms with Crippen LogP contribution < -0.4 is 5.32 Å². The van der Waals surface area contributed by atoms with Gasteiger partial charge in [0.25, 0.3) is 0 Å². The molecule has 2 aromatic rings. The molecule has 1 heterocycles. The van der Waals surface area contributed by atoms with Crippen molar-refractivity contribution in [3.05, 3.63) is 64.6 Å². The molecule has 1 saturated heterocycles. The fraction of sp³-hybridized carbons (Fsp3) is 0.381. The number of aryl methyl sites for hydroxylation is 1. The monoisotopic (exact) mass is 479 g/mol. The number of halogens is 1. The first-order chi connectivity index (χ1) is 13.9. The van der Waals surface area contributed by atoms with Crippen LogP contribution in [-0.4, -0.2) is 55.9 Å². The number of piperazine rings is 1. The minimum Gasteiger partial charge on any atom is -0.336 e. The summed E-state index contributed by atoms with van der Waals surface area (Å²) in [6, 6.07) is 16.8. The lowest BCUT2D eigenvalue weighted by Gasteiger charge is -2.34. The summed E-state index contributed by atoms with van der Waals surface area (Å²) in [4.78, 5) is 14.5. The van der Waals surface area contributed by atoms with Crippen molar-refractivity contribution >= 4 is 32.0 Å². The van der Waals surface area contributed by atoms with Gasteiger partial charge in [-0.25, -0.2) is 13.2 Å². The predicted molar refractivity (Wildman–Crippen MR) is 117 cm³/mol. The lowest BCUT2D eigenvalue weighted by Crippen LogP contribution is -2.54. The van der Waals surface area contributed by atoms with E-state index in [4.69, 9.17) is 0 Å². The molecule has 2 aromatic carbocycles. The van der Waals surface area contributed by atoms with Crippen molar-refractivity contribution in [2.45, 2.75) is 30.7 Å². The number of benzene rings is 2. The largest absolute Gasteiger partial charge is 0.336 e. The van der Waals surface area contributed by atoms with Gasteiger partial charge < -0.3 is 10.2 Å². The predicted octanol–water partition coefficient (Wildman–Crippen LogP) is 3.49. The molecule has 0 radical (unpaired) electrons. The molecule has 1 aliphatic heterocycles. The third kappa shape index (κ3) is 5.81. The van der Waals surface area contributed by atoms with Gasteiger partial charge in [0.2, 0.25) is 10.0 Å². The Morgan fingerprint density at radius 2 is 1.76 bits per heavy atom. The van der Waals surface area contributed by atoms with Gasteiger partial charge in [-0.1, -0.05) is 52.3 Å². The summed E-state index contributed by atoms with van der Waals surface area (Å²) in [5, 5.41) is 3.03. The van der Waals surface area contributed by atoms with Crippen molar-refractivity contribution in [1.29, 1.82) is 0 Å². The number of nitrogens with one attached hydrogen (secondary N) is 1. The number of rotatable bonds is 6. The highest BCUT2D eigenvalue weighted by molar-refractivity contribution is 9.10. The fourth-order valence-electron chi connectivity index (χ4n) is 3.31. The second-order valence-corrected chi connectivity index (χ2v) is 10.1. The van der Waals surface area contributed by atoms with Gasteiger partial charge in [-0.3, -0.25) is 0 Å². The van der Waals surface area contributed by atoms with Crippen LogP contribution in [0.3, 0.4) is 0 Å². The lowest BCUT2D eigenvalue weighted by atomic mass is 10.1. The number of carbonyl (C=O) groups is 1. The number of nitrogens with zero attached hydrogens (tertiary/aromatic N) is 2. The zero-order valence-corrected chi connectivity index (χ0v) is 18.8. The second kappa shape index (κ2) is 9.73. The Balaban J connectivity index is 1.49. The lowest BCUT2D eigenvalue weighted by molar-refractivity contribution is 0.169. The van der Waals surface area contributed by atoms with Gasteiger partial charge in [0.1, 0.15) is 0 Å². The van der Waals surface area contributed by atoms with Gasteiger partial charge >= 0.3 is 6.03 Å². The number of amides is 2. The van der Waals surface area contributed by atoms with Gasteiger partial charge in [0.15, 0.2) is 0 Å². The molecule has 0 saturated carbocycles. The second-order valence-electron chi connectivity index (χ2n) is 7.22. The average Bonchev–Trinajstić information content (AvgIpc) is 2.73. The van der Waals surface area contributed by atoms with Crippen LogP contribution in [0.4, 0.5) is 4.79 Å². The summed E-state index contributed by atoms with van der Waals surface area (Å²) in [5.74, 6) is 0. The van der Waals surface area contributed by atoms with Crippen molar-refractivity contribution in [2.24, 2.45) is 0 Å². The zero-order chi connectivity index (χ0) is 20.9. The minimum atomic E-state index is -3.55. The molecule has 8 heteroatoms. The average molecular weight is 480 g/mol. The molecule has 156 valence electrons. The molecule has 1 atom stereocenters. The number of sulfonamides is 1. The van der Waals surface area contributed by atoms with Crippen LogP contribution in [-0.2, 0) is 16.4 Å². The third-order valence-electron chi connectivity index (χ3n) is 5.04. The Kier molecular flexibility index (Phi) is 7.32. The van der Waals surface area contributed by atoms with Gasteiger partial charge in [0.05, 0.1) is 4.90 Å². The van der Waals surface area contributed by atoms with Crippen molar-refractivity contribution in [2.75, 3.05) is 26.2 Å². The number of carbonyl (C=O) groups excluding carboxylic acids is 1. The van der Waals surface area contributed by atoms with Crippen LogP contribution in [0.2, 0.25) is 0 Å². The van der Waals surface area contributed by atoms with Crippen LogP contribution in [0.1, 0.15) is 18.9 Å². The quantitative estimate of drug-likeness (QED) is 0.689. The normalized spacial score (nSPS) is 16.4. The molecule has 1 N–H and O–H groups in total. The van der Waals surface area contributed by atoms with Gasteiger partial charge in [-0.05, 0) is 43.5 Å². The highest BCUT2D eigenvalue weighted by Gasteiger charge is 2.30. The Hall–Kier alpha value is -1.90.